The Morgan fingerprint density at radius 2 is 2.06 bits per heavy atom. The van der Waals surface area contributed by atoms with E-state index in [0.717, 1.165) is 25.7 Å². The lowest BCUT2D eigenvalue weighted by atomic mass is 10.1. The maximum atomic E-state index is 12.3. The molecule has 6 heteroatoms. The van der Waals surface area contributed by atoms with Crippen LogP contribution in [-0.2, 0) is 4.79 Å². The first-order valence-corrected chi connectivity index (χ1v) is 6.57. The first kappa shape index (κ1) is 13.1. The number of rotatable bonds is 4. The second-order valence-corrected chi connectivity index (χ2v) is 5.35. The van der Waals surface area contributed by atoms with Crippen LogP contribution < -0.4 is 5.73 Å². The van der Waals surface area contributed by atoms with Gasteiger partial charge < -0.3 is 20.6 Å². The summed E-state index contributed by atoms with van der Waals surface area (Å²) in [7, 11) is 0. The average molecular weight is 255 g/mol. The Morgan fingerprint density at radius 1 is 1.33 bits per heavy atom. The fraction of sp³-hybridized carbons (Fsp3) is 0.833. The van der Waals surface area contributed by atoms with E-state index in [1.807, 2.05) is 0 Å². The van der Waals surface area contributed by atoms with Crippen LogP contribution in [0.4, 0.5) is 4.79 Å². The molecule has 0 spiro atoms. The van der Waals surface area contributed by atoms with E-state index in [-0.39, 0.29) is 18.6 Å². The molecule has 1 aliphatic heterocycles. The van der Waals surface area contributed by atoms with Crippen molar-refractivity contribution in [3.05, 3.63) is 0 Å². The van der Waals surface area contributed by atoms with E-state index in [0.29, 0.717) is 25.6 Å². The Kier molecular flexibility index (Phi) is 4.06. The van der Waals surface area contributed by atoms with Crippen LogP contribution in [0.5, 0.6) is 0 Å². The van der Waals surface area contributed by atoms with E-state index in [4.69, 9.17) is 10.8 Å². The van der Waals surface area contributed by atoms with Crippen LogP contribution in [0, 0.1) is 5.92 Å². The van der Waals surface area contributed by atoms with Crippen LogP contribution in [0.2, 0.25) is 0 Å². The first-order valence-electron chi connectivity index (χ1n) is 6.57. The van der Waals surface area contributed by atoms with E-state index in [9.17, 15) is 9.59 Å². The fourth-order valence-electron chi connectivity index (χ4n) is 2.37. The summed E-state index contributed by atoms with van der Waals surface area (Å²) in [6, 6.07) is -0.144. The Morgan fingerprint density at radius 3 is 2.61 bits per heavy atom. The molecule has 0 aromatic rings. The van der Waals surface area contributed by atoms with Crippen molar-refractivity contribution >= 4 is 12.0 Å². The van der Waals surface area contributed by atoms with Crippen LogP contribution in [0.15, 0.2) is 0 Å². The van der Waals surface area contributed by atoms with Gasteiger partial charge in [-0.05, 0) is 31.6 Å². The Labute approximate surface area is 107 Å². The number of carboxylic acids is 1. The van der Waals surface area contributed by atoms with Gasteiger partial charge in [-0.3, -0.25) is 4.79 Å². The van der Waals surface area contributed by atoms with Crippen LogP contribution in [-0.4, -0.2) is 59.1 Å². The zero-order chi connectivity index (χ0) is 13.1. The van der Waals surface area contributed by atoms with Crippen LogP contribution in [0.3, 0.4) is 0 Å². The number of hydrogen-bond donors (Lipinski definition) is 2. The normalized spacial score (nSPS) is 23.8. The number of carboxylic acid groups (broad SMARTS) is 1. The maximum Gasteiger partial charge on any atom is 0.323 e. The molecule has 1 aliphatic carbocycles. The van der Waals surface area contributed by atoms with E-state index in [2.05, 4.69) is 0 Å². The number of nitrogens with two attached hydrogens (primary N) is 1. The summed E-state index contributed by atoms with van der Waals surface area (Å²) in [4.78, 5) is 26.3. The number of aliphatic carboxylic acids is 1. The quantitative estimate of drug-likeness (QED) is 0.757. The summed E-state index contributed by atoms with van der Waals surface area (Å²) in [6.07, 6.45) is 4.04. The van der Waals surface area contributed by atoms with Gasteiger partial charge in [0, 0.05) is 25.7 Å². The van der Waals surface area contributed by atoms with E-state index in [1.165, 1.54) is 4.90 Å². The highest BCUT2D eigenvalue weighted by molar-refractivity contribution is 5.80. The number of likely N-dealkylation sites (tertiary alicyclic amines) is 1. The molecule has 3 N–H and O–H groups in total. The molecule has 6 nitrogen and oxygen atoms in total. The van der Waals surface area contributed by atoms with Gasteiger partial charge in [0.2, 0.25) is 0 Å². The summed E-state index contributed by atoms with van der Waals surface area (Å²) < 4.78 is 0. The molecule has 1 saturated carbocycles. The molecule has 1 unspecified atom stereocenters. The molecule has 2 amide bonds. The van der Waals surface area contributed by atoms with Gasteiger partial charge in [0.1, 0.15) is 6.54 Å². The van der Waals surface area contributed by atoms with Crippen LogP contribution in [0.1, 0.15) is 25.7 Å². The molecule has 0 radical (unpaired) electrons. The van der Waals surface area contributed by atoms with Gasteiger partial charge in [0.15, 0.2) is 0 Å². The minimum atomic E-state index is -0.953. The fourth-order valence-corrected chi connectivity index (χ4v) is 2.37. The monoisotopic (exact) mass is 255 g/mol. The molecule has 1 saturated heterocycles. The summed E-state index contributed by atoms with van der Waals surface area (Å²) in [6.45, 7) is 1.59. The van der Waals surface area contributed by atoms with Gasteiger partial charge >= 0.3 is 12.0 Å². The summed E-state index contributed by atoms with van der Waals surface area (Å²) >= 11 is 0. The first-order chi connectivity index (χ1) is 8.56. The van der Waals surface area contributed by atoms with E-state index >= 15 is 0 Å². The molecule has 0 aromatic carbocycles. The van der Waals surface area contributed by atoms with Gasteiger partial charge in [-0.15, -0.1) is 0 Å². The Hall–Kier alpha value is -1.30. The number of piperidine rings is 1. The lowest BCUT2D eigenvalue weighted by molar-refractivity contribution is -0.137. The Bertz CT molecular complexity index is 331. The predicted molar refractivity (Wildman–Crippen MR) is 66.1 cm³/mol. The Balaban J connectivity index is 1.94. The maximum absolute atomic E-state index is 12.3. The van der Waals surface area contributed by atoms with Gasteiger partial charge in [-0.1, -0.05) is 0 Å². The number of urea groups is 1. The van der Waals surface area contributed by atoms with Crippen molar-refractivity contribution in [2.24, 2.45) is 11.7 Å². The second-order valence-electron chi connectivity index (χ2n) is 5.35. The molecule has 1 heterocycles. The third-order valence-electron chi connectivity index (χ3n) is 3.50. The van der Waals surface area contributed by atoms with Crippen LogP contribution in [0.25, 0.3) is 0 Å². The molecule has 0 aromatic heterocycles. The third kappa shape index (κ3) is 3.60. The van der Waals surface area contributed by atoms with Crippen LogP contribution >= 0.6 is 0 Å². The topological polar surface area (TPSA) is 86.9 Å². The predicted octanol–water partition coefficient (Wildman–Crippen LogP) is 0.326. The highest BCUT2D eigenvalue weighted by atomic mass is 16.4. The molecule has 1 atom stereocenters. The minimum Gasteiger partial charge on any atom is -0.480 e. The third-order valence-corrected chi connectivity index (χ3v) is 3.50. The minimum absolute atomic E-state index is 0.0234. The standard InChI is InChI=1S/C12H21N3O3/c13-10-2-1-5-14(7-10)12(18)15(8-11(16)17)6-9-3-4-9/h9-10H,1-8,13H2,(H,16,17). The van der Waals surface area contributed by atoms with Gasteiger partial charge in [0.25, 0.3) is 0 Å². The largest absolute Gasteiger partial charge is 0.480 e. The smallest absolute Gasteiger partial charge is 0.323 e. The SMILES string of the molecule is NC1CCCN(C(=O)N(CC(=O)O)CC2CC2)C1. The van der Waals surface area contributed by atoms with E-state index in [1.54, 1.807) is 4.90 Å². The molecule has 102 valence electrons. The number of hydrogen-bond acceptors (Lipinski definition) is 3. The van der Waals surface area contributed by atoms with Crippen molar-refractivity contribution < 1.29 is 14.7 Å². The molecule has 18 heavy (non-hydrogen) atoms. The van der Waals surface area contributed by atoms with Gasteiger partial charge in [-0.2, -0.15) is 0 Å². The van der Waals surface area contributed by atoms with Gasteiger partial charge in [0.05, 0.1) is 0 Å². The van der Waals surface area contributed by atoms with E-state index < -0.39 is 5.97 Å². The molecule has 2 rings (SSSR count). The summed E-state index contributed by atoms with van der Waals surface area (Å²) in [5, 5.41) is 8.88. The number of nitrogens with zero attached hydrogens (tertiary/aromatic N) is 2. The van der Waals surface area contributed by atoms with Crippen molar-refractivity contribution in [2.75, 3.05) is 26.2 Å². The lowest BCUT2D eigenvalue weighted by Gasteiger charge is -2.34. The van der Waals surface area contributed by atoms with Crippen molar-refractivity contribution in [3.63, 3.8) is 0 Å². The molecular formula is C12H21N3O3. The van der Waals surface area contributed by atoms with Crippen molar-refractivity contribution in [1.82, 2.24) is 9.80 Å². The molecular weight excluding hydrogens is 234 g/mol. The zero-order valence-corrected chi connectivity index (χ0v) is 10.5. The highest BCUT2D eigenvalue weighted by Gasteiger charge is 2.31. The number of amides is 2. The molecule has 0 bridgehead atoms. The van der Waals surface area contributed by atoms with Crippen molar-refractivity contribution in [3.8, 4) is 0 Å². The number of carbonyl (C=O) groups is 2. The average Bonchev–Trinajstić information content (AvgIpc) is 3.10. The lowest BCUT2D eigenvalue weighted by Crippen LogP contribution is -2.52. The highest BCUT2D eigenvalue weighted by Crippen LogP contribution is 2.30. The number of carbonyl (C=O) groups excluding carboxylic acids is 1. The summed E-state index contributed by atoms with van der Waals surface area (Å²) in [5.74, 6) is -0.461. The zero-order valence-electron chi connectivity index (χ0n) is 10.5. The second kappa shape index (κ2) is 5.56. The van der Waals surface area contributed by atoms with Crippen molar-refractivity contribution in [1.29, 1.82) is 0 Å². The molecule has 2 aliphatic rings. The van der Waals surface area contributed by atoms with Gasteiger partial charge in [-0.25, -0.2) is 4.79 Å². The summed E-state index contributed by atoms with van der Waals surface area (Å²) in [5.41, 5.74) is 5.85. The molecule has 2 fully saturated rings. The van der Waals surface area contributed by atoms with Crippen molar-refractivity contribution in [2.45, 2.75) is 31.7 Å².